The maximum Gasteiger partial charge on any atom is 0.227 e. The Bertz CT molecular complexity index is 2290. The van der Waals surface area contributed by atoms with Crippen LogP contribution in [0.15, 0.2) is 154 Å². The Balaban J connectivity index is 1.16. The highest BCUT2D eigenvalue weighted by Gasteiger charge is 2.18. The molecular weight excluding hydrogens is 589 g/mol. The van der Waals surface area contributed by atoms with E-state index in [4.69, 9.17) is 23.8 Å². The van der Waals surface area contributed by atoms with Crippen LogP contribution in [0.5, 0.6) is 0 Å². The molecule has 3 aromatic heterocycles. The van der Waals surface area contributed by atoms with Gasteiger partial charge in [-0.2, -0.15) is 0 Å². The maximum atomic E-state index is 6.14. The molecule has 0 saturated heterocycles. The van der Waals surface area contributed by atoms with Crippen LogP contribution in [0.25, 0.3) is 65.9 Å². The number of fused-ring (bicyclic) bond motifs is 3. The van der Waals surface area contributed by atoms with Gasteiger partial charge < -0.3 is 13.7 Å². The molecule has 46 heavy (non-hydrogen) atoms. The average molecular weight is 613 g/mol. The first kappa shape index (κ1) is 26.4. The number of aromatic nitrogens is 3. The Labute approximate surface area is 267 Å². The van der Waals surface area contributed by atoms with Crippen LogP contribution in [0, 0.1) is 0 Å². The molecule has 0 bridgehead atoms. The molecule has 218 valence electrons. The zero-order valence-corrected chi connectivity index (χ0v) is 25.2. The minimum absolute atomic E-state index is 0.581. The van der Waals surface area contributed by atoms with E-state index in [1.165, 1.54) is 4.70 Å². The lowest BCUT2D eigenvalue weighted by Crippen LogP contribution is -2.10. The zero-order chi connectivity index (χ0) is 30.5. The summed E-state index contributed by atoms with van der Waals surface area (Å²) in [5, 5.41) is 0.981. The summed E-state index contributed by atoms with van der Waals surface area (Å²) in [7, 11) is 0. The van der Waals surface area contributed by atoms with Crippen LogP contribution in [0.1, 0.15) is 0 Å². The first-order valence-corrected chi connectivity index (χ1v) is 15.7. The summed E-state index contributed by atoms with van der Waals surface area (Å²) in [5.74, 6) is 1.17. The Kier molecular flexibility index (Phi) is 6.21. The van der Waals surface area contributed by atoms with Gasteiger partial charge in [0, 0.05) is 33.8 Å². The summed E-state index contributed by atoms with van der Waals surface area (Å²) in [4.78, 5) is 16.6. The van der Waals surface area contributed by atoms with E-state index in [9.17, 15) is 0 Å². The third-order valence-corrected chi connectivity index (χ3v) is 9.04. The van der Waals surface area contributed by atoms with E-state index in [0.717, 1.165) is 66.5 Å². The van der Waals surface area contributed by atoms with Crippen LogP contribution in [0.2, 0.25) is 0 Å². The van der Waals surface area contributed by atoms with Crippen molar-refractivity contribution in [3.63, 3.8) is 0 Å². The molecular formula is C39H24N4O2S. The lowest BCUT2D eigenvalue weighted by molar-refractivity contribution is 0.619. The van der Waals surface area contributed by atoms with E-state index >= 15 is 0 Å². The van der Waals surface area contributed by atoms with Gasteiger partial charge in [-0.25, -0.2) is 15.0 Å². The SMILES string of the molecule is c1cc(-c2nc3ccccc3o2)cc(N(c2ccc(-c3nc4ccccc4o3)cc2)c2cccc(-c3nc4ccccc4s3)c2)c1. The van der Waals surface area contributed by atoms with Crippen LogP contribution >= 0.6 is 11.3 Å². The van der Waals surface area contributed by atoms with Crippen molar-refractivity contribution < 1.29 is 8.83 Å². The highest BCUT2D eigenvalue weighted by Crippen LogP contribution is 2.40. The first-order valence-electron chi connectivity index (χ1n) is 14.9. The van der Waals surface area contributed by atoms with Gasteiger partial charge in [-0.05, 0) is 91.0 Å². The number of thiazole rings is 1. The molecule has 0 saturated carbocycles. The van der Waals surface area contributed by atoms with Crippen molar-refractivity contribution in [2.75, 3.05) is 4.90 Å². The molecule has 0 aliphatic rings. The fourth-order valence-corrected chi connectivity index (χ4v) is 6.71. The summed E-state index contributed by atoms with van der Waals surface area (Å²) < 4.78 is 13.4. The standard InChI is InChI=1S/C39H24N4O2S/c1-4-16-34-31(13-1)40-37(44-34)25-19-21-28(22-20-25)43(29-11-7-9-26(23-29)38-41-32-14-2-5-17-35(32)45-38)30-12-8-10-27(24-30)39-42-33-15-3-6-18-36(33)46-39/h1-24H. The van der Waals surface area contributed by atoms with E-state index in [1.54, 1.807) is 11.3 Å². The van der Waals surface area contributed by atoms with Crippen molar-refractivity contribution >= 4 is 60.8 Å². The summed E-state index contributed by atoms with van der Waals surface area (Å²) in [6.07, 6.45) is 0. The van der Waals surface area contributed by atoms with Crippen LogP contribution in [-0.2, 0) is 0 Å². The quantitative estimate of drug-likeness (QED) is 0.186. The van der Waals surface area contributed by atoms with Gasteiger partial charge in [-0.15, -0.1) is 11.3 Å². The van der Waals surface area contributed by atoms with Crippen LogP contribution in [-0.4, -0.2) is 15.0 Å². The molecule has 0 N–H and O–H groups in total. The van der Waals surface area contributed by atoms with Gasteiger partial charge in [0.25, 0.3) is 0 Å². The van der Waals surface area contributed by atoms with Gasteiger partial charge in [0.15, 0.2) is 11.2 Å². The molecule has 3 heterocycles. The minimum atomic E-state index is 0.581. The number of hydrogen-bond acceptors (Lipinski definition) is 7. The normalized spacial score (nSPS) is 11.5. The van der Waals surface area contributed by atoms with Gasteiger partial charge in [-0.1, -0.05) is 54.6 Å². The second kappa shape index (κ2) is 10.8. The number of oxazole rings is 2. The Morgan fingerprint density at radius 3 is 1.65 bits per heavy atom. The van der Waals surface area contributed by atoms with Crippen LogP contribution in [0.4, 0.5) is 17.1 Å². The summed E-state index contributed by atoms with van der Waals surface area (Å²) in [6, 6.07) is 49.0. The molecule has 6 aromatic carbocycles. The molecule has 0 amide bonds. The smallest absolute Gasteiger partial charge is 0.227 e. The van der Waals surface area contributed by atoms with E-state index in [0.29, 0.717) is 11.8 Å². The fraction of sp³-hybridized carbons (Fsp3) is 0. The Hall–Kier alpha value is -6.05. The molecule has 9 aromatic rings. The van der Waals surface area contributed by atoms with E-state index in [-0.39, 0.29) is 0 Å². The molecule has 7 heteroatoms. The van der Waals surface area contributed by atoms with Gasteiger partial charge in [0.2, 0.25) is 11.8 Å². The third-order valence-electron chi connectivity index (χ3n) is 7.96. The molecule has 0 aliphatic carbocycles. The zero-order valence-electron chi connectivity index (χ0n) is 24.4. The Morgan fingerprint density at radius 1 is 0.435 bits per heavy atom. The van der Waals surface area contributed by atoms with Crippen molar-refractivity contribution in [1.82, 2.24) is 15.0 Å². The predicted molar refractivity (Wildman–Crippen MR) is 186 cm³/mol. The summed E-state index contributed by atoms with van der Waals surface area (Å²) in [5.41, 5.74) is 10.0. The molecule has 0 spiro atoms. The number of rotatable bonds is 6. The molecule has 9 rings (SSSR count). The molecule has 0 aliphatic heterocycles. The van der Waals surface area contributed by atoms with Crippen molar-refractivity contribution in [2.24, 2.45) is 0 Å². The van der Waals surface area contributed by atoms with Crippen molar-refractivity contribution in [3.05, 3.63) is 146 Å². The summed E-state index contributed by atoms with van der Waals surface area (Å²) in [6.45, 7) is 0. The number of nitrogens with zero attached hydrogens (tertiary/aromatic N) is 4. The van der Waals surface area contributed by atoms with Gasteiger partial charge in [-0.3, -0.25) is 0 Å². The van der Waals surface area contributed by atoms with Crippen molar-refractivity contribution in [1.29, 1.82) is 0 Å². The number of para-hydroxylation sites is 5. The maximum absolute atomic E-state index is 6.14. The van der Waals surface area contributed by atoms with Gasteiger partial charge in [0.1, 0.15) is 16.0 Å². The van der Waals surface area contributed by atoms with E-state index in [2.05, 4.69) is 83.8 Å². The van der Waals surface area contributed by atoms with Crippen molar-refractivity contribution in [2.45, 2.75) is 0 Å². The number of anilines is 3. The topological polar surface area (TPSA) is 68.2 Å². The van der Waals surface area contributed by atoms with Crippen LogP contribution < -0.4 is 4.90 Å². The molecule has 0 unspecified atom stereocenters. The molecule has 0 fully saturated rings. The highest BCUT2D eigenvalue weighted by molar-refractivity contribution is 7.21. The Morgan fingerprint density at radius 2 is 1.00 bits per heavy atom. The monoisotopic (exact) mass is 612 g/mol. The minimum Gasteiger partial charge on any atom is -0.436 e. The lowest BCUT2D eigenvalue weighted by atomic mass is 10.1. The van der Waals surface area contributed by atoms with E-state index in [1.807, 2.05) is 66.7 Å². The predicted octanol–water partition coefficient (Wildman–Crippen LogP) is 11.0. The van der Waals surface area contributed by atoms with Crippen molar-refractivity contribution in [3.8, 4) is 33.5 Å². The van der Waals surface area contributed by atoms with Crippen LogP contribution in [0.3, 0.4) is 0 Å². The second-order valence-electron chi connectivity index (χ2n) is 10.9. The molecule has 0 radical (unpaired) electrons. The summed E-state index contributed by atoms with van der Waals surface area (Å²) >= 11 is 1.70. The third kappa shape index (κ3) is 4.70. The van der Waals surface area contributed by atoms with Gasteiger partial charge >= 0.3 is 0 Å². The first-order chi connectivity index (χ1) is 22.7. The highest BCUT2D eigenvalue weighted by atomic mass is 32.1. The largest absolute Gasteiger partial charge is 0.436 e. The fourth-order valence-electron chi connectivity index (χ4n) is 5.74. The van der Waals surface area contributed by atoms with Gasteiger partial charge in [0.05, 0.1) is 10.2 Å². The number of benzene rings is 6. The lowest BCUT2D eigenvalue weighted by Gasteiger charge is -2.26. The second-order valence-corrected chi connectivity index (χ2v) is 12.0. The van der Waals surface area contributed by atoms with E-state index < -0.39 is 0 Å². The number of hydrogen-bond donors (Lipinski definition) is 0. The molecule has 6 nitrogen and oxygen atoms in total. The molecule has 0 atom stereocenters. The average Bonchev–Trinajstić information content (AvgIpc) is 3.86.